The molecule has 0 saturated heterocycles. The Morgan fingerprint density at radius 1 is 1.47 bits per heavy atom. The first kappa shape index (κ1) is 14.9. The minimum Gasteiger partial charge on any atom is -0.378 e. The topological polar surface area (TPSA) is 72.6 Å². The molecule has 17 heavy (non-hydrogen) atoms. The second-order valence-corrected chi connectivity index (χ2v) is 7.23. The van der Waals surface area contributed by atoms with Gasteiger partial charge < -0.3 is 10.5 Å². The van der Waals surface area contributed by atoms with E-state index in [4.69, 9.17) is 10.5 Å². The van der Waals surface area contributed by atoms with Crippen molar-refractivity contribution in [1.82, 2.24) is 4.90 Å². The van der Waals surface area contributed by atoms with Gasteiger partial charge in [-0.15, -0.1) is 0 Å². The monoisotopic (exact) mass is 264 g/mol. The Labute approximate surface area is 104 Å². The molecular formula is C11H24N2O3S. The molecule has 6 heteroatoms. The summed E-state index contributed by atoms with van der Waals surface area (Å²) in [7, 11) is -0.965. The molecule has 1 aliphatic carbocycles. The Balaban J connectivity index is 2.46. The molecule has 0 bridgehead atoms. The molecular weight excluding hydrogens is 240 g/mol. The summed E-state index contributed by atoms with van der Waals surface area (Å²) in [5.41, 5.74) is 5.76. The molecule has 1 saturated carbocycles. The fraction of sp³-hybridized carbons (Fsp3) is 1.00. The van der Waals surface area contributed by atoms with E-state index in [-0.39, 0.29) is 17.4 Å². The van der Waals surface area contributed by atoms with Gasteiger partial charge in [-0.2, -0.15) is 0 Å². The highest BCUT2D eigenvalue weighted by molar-refractivity contribution is 7.90. The lowest BCUT2D eigenvalue weighted by Gasteiger charge is -2.52. The number of likely N-dealkylation sites (N-methyl/N-ethyl adjacent to an activating group) is 1. The number of hydrogen-bond acceptors (Lipinski definition) is 5. The van der Waals surface area contributed by atoms with Gasteiger partial charge in [0.1, 0.15) is 9.84 Å². The third-order valence-electron chi connectivity index (χ3n) is 3.60. The van der Waals surface area contributed by atoms with Crippen LogP contribution < -0.4 is 5.73 Å². The molecule has 1 rings (SSSR count). The van der Waals surface area contributed by atoms with E-state index in [0.29, 0.717) is 13.1 Å². The van der Waals surface area contributed by atoms with Crippen molar-refractivity contribution in [3.63, 3.8) is 0 Å². The van der Waals surface area contributed by atoms with Crippen molar-refractivity contribution in [2.75, 3.05) is 38.8 Å². The van der Waals surface area contributed by atoms with Crippen LogP contribution in [0.5, 0.6) is 0 Å². The zero-order valence-corrected chi connectivity index (χ0v) is 11.8. The Morgan fingerprint density at radius 3 is 2.47 bits per heavy atom. The predicted octanol–water partition coefficient (Wildman–Crippen LogP) is -0.141. The Hall–Kier alpha value is -0.170. The SMILES string of the molecule is CCOC1CC(CN)(N(C)CCS(C)(=O)=O)C1. The molecule has 0 atom stereocenters. The highest BCUT2D eigenvalue weighted by atomic mass is 32.2. The highest BCUT2D eigenvalue weighted by Crippen LogP contribution is 2.38. The van der Waals surface area contributed by atoms with Crippen LogP contribution in [0.25, 0.3) is 0 Å². The van der Waals surface area contributed by atoms with Crippen LogP contribution in [0.4, 0.5) is 0 Å². The second-order valence-electron chi connectivity index (χ2n) is 4.97. The quantitative estimate of drug-likeness (QED) is 0.693. The third-order valence-corrected chi connectivity index (χ3v) is 4.53. The van der Waals surface area contributed by atoms with E-state index >= 15 is 0 Å². The minimum atomic E-state index is -2.91. The largest absolute Gasteiger partial charge is 0.378 e. The Morgan fingerprint density at radius 2 is 2.06 bits per heavy atom. The number of sulfone groups is 1. The van der Waals surface area contributed by atoms with E-state index in [1.807, 2.05) is 14.0 Å². The Bertz CT molecular complexity index is 337. The van der Waals surface area contributed by atoms with Crippen LogP contribution in [0, 0.1) is 0 Å². The highest BCUT2D eigenvalue weighted by Gasteiger charge is 2.46. The molecule has 0 amide bonds. The van der Waals surface area contributed by atoms with Gasteiger partial charge in [0.05, 0.1) is 11.9 Å². The molecule has 1 fully saturated rings. The van der Waals surface area contributed by atoms with Crippen molar-refractivity contribution in [3.05, 3.63) is 0 Å². The Kier molecular flexibility index (Phi) is 4.95. The maximum absolute atomic E-state index is 11.1. The van der Waals surface area contributed by atoms with Crippen LogP contribution in [0.3, 0.4) is 0 Å². The second kappa shape index (κ2) is 5.65. The lowest BCUT2D eigenvalue weighted by molar-refractivity contribution is -0.0905. The van der Waals surface area contributed by atoms with Gasteiger partial charge in [0.15, 0.2) is 0 Å². The van der Waals surface area contributed by atoms with Crippen molar-refractivity contribution in [2.24, 2.45) is 5.73 Å². The molecule has 1 aliphatic rings. The van der Waals surface area contributed by atoms with Crippen LogP contribution in [0.1, 0.15) is 19.8 Å². The van der Waals surface area contributed by atoms with Gasteiger partial charge in [0.2, 0.25) is 0 Å². The summed E-state index contributed by atoms with van der Waals surface area (Å²) < 4.78 is 27.8. The van der Waals surface area contributed by atoms with Gasteiger partial charge in [0.25, 0.3) is 0 Å². The van der Waals surface area contributed by atoms with Crippen LogP contribution in [0.15, 0.2) is 0 Å². The maximum atomic E-state index is 11.1. The minimum absolute atomic E-state index is 0.0650. The van der Waals surface area contributed by atoms with Crippen molar-refractivity contribution >= 4 is 9.84 Å². The normalized spacial score (nSPS) is 29.4. The average Bonchev–Trinajstić information content (AvgIpc) is 2.18. The van der Waals surface area contributed by atoms with Crippen molar-refractivity contribution in [2.45, 2.75) is 31.4 Å². The molecule has 0 aromatic rings. The van der Waals surface area contributed by atoms with Gasteiger partial charge in [0, 0.05) is 31.5 Å². The van der Waals surface area contributed by atoms with Crippen molar-refractivity contribution in [3.8, 4) is 0 Å². The molecule has 0 radical (unpaired) electrons. The number of nitrogens with zero attached hydrogens (tertiary/aromatic N) is 1. The van der Waals surface area contributed by atoms with Crippen LogP contribution >= 0.6 is 0 Å². The number of ether oxygens (including phenoxy) is 1. The van der Waals surface area contributed by atoms with E-state index in [1.54, 1.807) is 0 Å². The summed E-state index contributed by atoms with van der Waals surface area (Å²) in [6.07, 6.45) is 3.35. The standard InChI is InChI=1S/C11H24N2O3S/c1-4-16-10-7-11(8-10,9-12)13(2)5-6-17(3,14)15/h10H,4-9,12H2,1-3H3. The first-order chi connectivity index (χ1) is 7.83. The first-order valence-corrected chi connectivity index (χ1v) is 8.09. The van der Waals surface area contributed by atoms with Gasteiger partial charge >= 0.3 is 0 Å². The van der Waals surface area contributed by atoms with Crippen LogP contribution in [-0.4, -0.2) is 63.7 Å². The fourth-order valence-electron chi connectivity index (χ4n) is 2.32. The summed E-state index contributed by atoms with van der Waals surface area (Å²) in [6, 6.07) is 0. The zero-order chi connectivity index (χ0) is 13.1. The lowest BCUT2D eigenvalue weighted by atomic mass is 9.73. The van der Waals surface area contributed by atoms with E-state index in [1.165, 1.54) is 6.26 Å². The van der Waals surface area contributed by atoms with Crippen molar-refractivity contribution in [1.29, 1.82) is 0 Å². The number of nitrogens with two attached hydrogens (primary N) is 1. The molecule has 5 nitrogen and oxygen atoms in total. The third kappa shape index (κ3) is 3.91. The molecule has 0 unspecified atom stereocenters. The number of rotatable bonds is 7. The summed E-state index contributed by atoms with van der Waals surface area (Å²) >= 11 is 0. The van der Waals surface area contributed by atoms with Crippen LogP contribution in [-0.2, 0) is 14.6 Å². The van der Waals surface area contributed by atoms with Gasteiger partial charge in [-0.25, -0.2) is 8.42 Å². The van der Waals surface area contributed by atoms with E-state index in [9.17, 15) is 8.42 Å². The molecule has 0 spiro atoms. The number of hydrogen-bond donors (Lipinski definition) is 1. The predicted molar refractivity (Wildman–Crippen MR) is 68.8 cm³/mol. The lowest BCUT2D eigenvalue weighted by Crippen LogP contribution is -2.63. The molecule has 0 aromatic carbocycles. The summed E-state index contributed by atoms with van der Waals surface area (Å²) in [5.74, 6) is 0.185. The van der Waals surface area contributed by atoms with E-state index in [0.717, 1.165) is 19.4 Å². The van der Waals surface area contributed by atoms with E-state index < -0.39 is 9.84 Å². The van der Waals surface area contributed by atoms with Crippen molar-refractivity contribution < 1.29 is 13.2 Å². The maximum Gasteiger partial charge on any atom is 0.148 e. The van der Waals surface area contributed by atoms with Gasteiger partial charge in [-0.05, 0) is 26.8 Å². The van der Waals surface area contributed by atoms with Crippen LogP contribution in [0.2, 0.25) is 0 Å². The summed E-state index contributed by atoms with van der Waals surface area (Å²) in [5, 5.41) is 0. The zero-order valence-electron chi connectivity index (χ0n) is 11.0. The smallest absolute Gasteiger partial charge is 0.148 e. The molecule has 0 heterocycles. The summed E-state index contributed by atoms with van der Waals surface area (Å²) in [6.45, 7) is 3.79. The molecule has 2 N–H and O–H groups in total. The average molecular weight is 264 g/mol. The molecule has 0 aliphatic heterocycles. The van der Waals surface area contributed by atoms with E-state index in [2.05, 4.69) is 4.90 Å². The molecule has 102 valence electrons. The summed E-state index contributed by atoms with van der Waals surface area (Å²) in [4.78, 5) is 2.07. The fourth-order valence-corrected chi connectivity index (χ4v) is 2.92. The van der Waals surface area contributed by atoms with Gasteiger partial charge in [-0.1, -0.05) is 0 Å². The van der Waals surface area contributed by atoms with Gasteiger partial charge in [-0.3, -0.25) is 4.90 Å². The first-order valence-electron chi connectivity index (χ1n) is 6.03. The molecule has 0 aromatic heterocycles.